The molecule has 40 heavy (non-hydrogen) atoms. The largest absolute Gasteiger partial charge is 0.444 e. The third-order valence-electron chi connectivity index (χ3n) is 8.42. The van der Waals surface area contributed by atoms with Crippen LogP contribution in [0.3, 0.4) is 0 Å². The number of hydrogen-bond acceptors (Lipinski definition) is 7. The zero-order chi connectivity index (χ0) is 28.4. The van der Waals surface area contributed by atoms with Gasteiger partial charge in [-0.3, -0.25) is 14.6 Å². The number of hydrogen-bond donors (Lipinski definition) is 1. The van der Waals surface area contributed by atoms with Crippen LogP contribution in [0.25, 0.3) is 0 Å². The van der Waals surface area contributed by atoms with Gasteiger partial charge in [-0.25, -0.2) is 9.78 Å². The van der Waals surface area contributed by atoms with Crippen molar-refractivity contribution in [3.05, 3.63) is 59.3 Å². The summed E-state index contributed by atoms with van der Waals surface area (Å²) in [7, 11) is 0. The lowest BCUT2D eigenvalue weighted by atomic mass is 9.87. The Morgan fingerprint density at radius 1 is 1.18 bits per heavy atom. The molecule has 0 unspecified atom stereocenters. The number of benzene rings is 1. The van der Waals surface area contributed by atoms with Gasteiger partial charge >= 0.3 is 6.09 Å². The van der Waals surface area contributed by atoms with Gasteiger partial charge in [-0.2, -0.15) is 4.98 Å². The average molecular weight is 547 g/mol. The summed E-state index contributed by atoms with van der Waals surface area (Å²) in [5, 5.41) is 3.45. The molecule has 3 heterocycles. The van der Waals surface area contributed by atoms with Crippen LogP contribution in [0.4, 0.5) is 16.6 Å². The Bertz CT molecular complexity index is 1250. The second kappa shape index (κ2) is 12.0. The van der Waals surface area contributed by atoms with E-state index in [9.17, 15) is 9.59 Å². The van der Waals surface area contributed by atoms with E-state index < -0.39 is 0 Å². The number of aromatic nitrogens is 2. The minimum Gasteiger partial charge on any atom is -0.444 e. The zero-order valence-electron chi connectivity index (χ0n) is 24.2. The lowest BCUT2D eigenvalue weighted by molar-refractivity contribution is -0.128. The molecule has 3 aliphatic rings. The van der Waals surface area contributed by atoms with Crippen molar-refractivity contribution in [2.75, 3.05) is 42.9 Å². The van der Waals surface area contributed by atoms with Crippen LogP contribution in [-0.2, 0) is 16.1 Å². The van der Waals surface area contributed by atoms with Crippen molar-refractivity contribution in [2.45, 2.75) is 71.6 Å². The number of cyclic esters (lactones) is 1. The van der Waals surface area contributed by atoms with Crippen LogP contribution in [0.15, 0.2) is 37.1 Å². The Labute approximate surface area is 237 Å². The summed E-state index contributed by atoms with van der Waals surface area (Å²) in [4.78, 5) is 39.5. The Morgan fingerprint density at radius 3 is 2.58 bits per heavy atom. The summed E-state index contributed by atoms with van der Waals surface area (Å²) < 4.78 is 5.22. The molecule has 1 saturated heterocycles. The normalized spacial score (nSPS) is 19.2. The molecular formula is C31H42N6O3. The zero-order valence-corrected chi connectivity index (χ0v) is 24.2. The molecule has 1 aromatic carbocycles. The van der Waals surface area contributed by atoms with Gasteiger partial charge in [0.2, 0.25) is 11.9 Å². The summed E-state index contributed by atoms with van der Waals surface area (Å²) in [6.45, 7) is 16.1. The Kier molecular flexibility index (Phi) is 8.40. The Balaban J connectivity index is 1.36. The molecule has 9 heteroatoms. The minimum absolute atomic E-state index is 0.0226. The molecule has 2 fully saturated rings. The maximum Gasteiger partial charge on any atom is 0.415 e. The van der Waals surface area contributed by atoms with E-state index in [2.05, 4.69) is 65.7 Å². The molecule has 2 aromatic rings. The van der Waals surface area contributed by atoms with E-state index in [4.69, 9.17) is 4.74 Å². The van der Waals surface area contributed by atoms with Gasteiger partial charge in [0.15, 0.2) is 0 Å². The van der Waals surface area contributed by atoms with Crippen molar-refractivity contribution >= 4 is 23.8 Å². The number of amides is 2. The summed E-state index contributed by atoms with van der Waals surface area (Å²) in [5.74, 6) is 2.29. The van der Waals surface area contributed by atoms with E-state index in [1.165, 1.54) is 46.9 Å². The fourth-order valence-electron chi connectivity index (χ4n) is 5.85. The van der Waals surface area contributed by atoms with Crippen molar-refractivity contribution < 1.29 is 14.3 Å². The molecule has 1 aliphatic carbocycles. The van der Waals surface area contributed by atoms with Gasteiger partial charge in [0.05, 0.1) is 11.6 Å². The number of nitrogens with zero attached hydrogens (tertiary/aromatic N) is 5. The average Bonchev–Trinajstić information content (AvgIpc) is 3.79. The van der Waals surface area contributed by atoms with Gasteiger partial charge in [0.25, 0.3) is 0 Å². The first-order valence-electron chi connectivity index (χ1n) is 14.6. The predicted molar refractivity (Wildman–Crippen MR) is 156 cm³/mol. The fraction of sp³-hybridized carbons (Fsp3) is 0.548. The highest BCUT2D eigenvalue weighted by molar-refractivity contribution is 5.89. The van der Waals surface area contributed by atoms with E-state index in [-0.39, 0.29) is 24.6 Å². The van der Waals surface area contributed by atoms with E-state index >= 15 is 0 Å². The molecule has 1 saturated carbocycles. The lowest BCUT2D eigenvalue weighted by Crippen LogP contribution is -2.49. The molecule has 9 nitrogen and oxygen atoms in total. The van der Waals surface area contributed by atoms with Gasteiger partial charge in [-0.1, -0.05) is 51.5 Å². The van der Waals surface area contributed by atoms with Gasteiger partial charge < -0.3 is 15.0 Å². The van der Waals surface area contributed by atoms with Gasteiger partial charge in [0.1, 0.15) is 12.4 Å². The monoisotopic (exact) mass is 546 g/mol. The summed E-state index contributed by atoms with van der Waals surface area (Å²) in [6.07, 6.45) is 6.58. The number of carbonyl (C=O) groups excluding carboxylic acids is 2. The number of fused-ring (bicyclic) bond motifs is 1. The first-order valence-corrected chi connectivity index (χ1v) is 14.6. The molecule has 5 rings (SSSR count). The predicted octanol–water partition coefficient (Wildman–Crippen LogP) is 5.42. The van der Waals surface area contributed by atoms with Gasteiger partial charge in [-0.15, -0.1) is 0 Å². The van der Waals surface area contributed by atoms with Gasteiger partial charge in [0, 0.05) is 45.0 Å². The second-order valence-electron chi connectivity index (χ2n) is 11.5. The molecule has 214 valence electrons. The maximum absolute atomic E-state index is 12.2. The molecule has 1 aromatic heterocycles. The highest BCUT2D eigenvalue weighted by Crippen LogP contribution is 2.42. The highest BCUT2D eigenvalue weighted by Gasteiger charge is 2.34. The number of anilines is 2. The first-order chi connectivity index (χ1) is 19.3. The van der Waals surface area contributed by atoms with E-state index in [1.807, 2.05) is 11.8 Å². The lowest BCUT2D eigenvalue weighted by Gasteiger charge is -2.40. The molecule has 2 aliphatic heterocycles. The van der Waals surface area contributed by atoms with Crippen molar-refractivity contribution in [3.63, 3.8) is 0 Å². The van der Waals surface area contributed by atoms with E-state index in [1.54, 1.807) is 6.20 Å². The molecule has 0 radical (unpaired) electrons. The van der Waals surface area contributed by atoms with Crippen molar-refractivity contribution in [1.82, 2.24) is 19.8 Å². The highest BCUT2D eigenvalue weighted by atomic mass is 16.6. The quantitative estimate of drug-likeness (QED) is 0.398. The molecule has 2 amide bonds. The molecule has 1 N–H and O–H groups in total. The smallest absolute Gasteiger partial charge is 0.415 e. The minimum atomic E-state index is -0.376. The molecule has 0 spiro atoms. The van der Waals surface area contributed by atoms with Gasteiger partial charge in [-0.05, 0) is 54.9 Å². The summed E-state index contributed by atoms with van der Waals surface area (Å²) >= 11 is 0. The van der Waals surface area contributed by atoms with E-state index in [0.717, 1.165) is 37.7 Å². The van der Waals surface area contributed by atoms with Crippen LogP contribution < -0.4 is 10.2 Å². The van der Waals surface area contributed by atoms with Crippen molar-refractivity contribution in [1.29, 1.82) is 0 Å². The van der Waals surface area contributed by atoms with Crippen LogP contribution in [0, 0.1) is 5.92 Å². The summed E-state index contributed by atoms with van der Waals surface area (Å²) in [5.41, 5.74) is 4.76. The SMILES string of the molecule is C=CC(=O)N1CCN([C@@H](CC2CC2)c2ccc([C@H](C)Nc3ncc4c(n3)N(CC)C(=O)OC4)cc2C(C)C)CC1. The number of piperazine rings is 1. The van der Waals surface area contributed by atoms with Crippen molar-refractivity contribution in [2.24, 2.45) is 5.92 Å². The first kappa shape index (κ1) is 28.1. The Hall–Kier alpha value is -3.46. The van der Waals surface area contributed by atoms with Crippen LogP contribution in [0.5, 0.6) is 0 Å². The van der Waals surface area contributed by atoms with Crippen LogP contribution in [-0.4, -0.2) is 64.5 Å². The van der Waals surface area contributed by atoms with Crippen LogP contribution in [0.2, 0.25) is 0 Å². The molecule has 0 bridgehead atoms. The molecular weight excluding hydrogens is 504 g/mol. The Morgan fingerprint density at radius 2 is 1.93 bits per heavy atom. The third kappa shape index (κ3) is 5.99. The summed E-state index contributed by atoms with van der Waals surface area (Å²) in [6, 6.07) is 7.21. The second-order valence-corrected chi connectivity index (χ2v) is 11.5. The van der Waals surface area contributed by atoms with Crippen LogP contribution >= 0.6 is 0 Å². The number of ether oxygens (including phenoxy) is 1. The van der Waals surface area contributed by atoms with Crippen LogP contribution in [0.1, 0.15) is 87.2 Å². The standard InChI is InChI=1S/C31H42N6O3/c1-6-28(38)36-14-12-35(13-15-36)27(16-22-8-9-22)25-11-10-23(17-26(25)20(3)4)21(5)33-30-32-18-24-19-40-31(39)37(7-2)29(24)34-30/h6,10-11,17-18,20-22,27H,1,7-9,12-16,19H2,2-5H3,(H,32,33,34)/t21-,27-/m0/s1. The topological polar surface area (TPSA) is 90.9 Å². The number of carbonyl (C=O) groups is 2. The number of nitrogens with one attached hydrogen (secondary N) is 1. The molecule has 2 atom stereocenters. The van der Waals surface area contributed by atoms with E-state index in [0.29, 0.717) is 30.3 Å². The fourth-order valence-corrected chi connectivity index (χ4v) is 5.85. The third-order valence-corrected chi connectivity index (χ3v) is 8.42. The van der Waals surface area contributed by atoms with Crippen molar-refractivity contribution in [3.8, 4) is 0 Å². The number of rotatable bonds is 10. The maximum atomic E-state index is 12.2.